The van der Waals surface area contributed by atoms with Gasteiger partial charge < -0.3 is 25.0 Å². The van der Waals surface area contributed by atoms with Crippen LogP contribution >= 0.6 is 0 Å². The Kier molecular flexibility index (Phi) is 4.81. The highest BCUT2D eigenvalue weighted by Crippen LogP contribution is 2.35. The van der Waals surface area contributed by atoms with Gasteiger partial charge in [0.05, 0.1) is 6.04 Å². The SMILES string of the molecule is Cc1cccc(C)c1NC(=O)N[C@@H]1CC(=O)N(c2ccc3c(c2)OCCO3)C1. The summed E-state index contributed by atoms with van der Waals surface area (Å²) in [4.78, 5) is 26.6. The number of hydrogen-bond acceptors (Lipinski definition) is 4. The molecule has 0 aromatic heterocycles. The van der Waals surface area contributed by atoms with E-state index in [9.17, 15) is 9.59 Å². The predicted octanol–water partition coefficient (Wildman–Crippen LogP) is 3.00. The zero-order valence-electron chi connectivity index (χ0n) is 16.0. The van der Waals surface area contributed by atoms with E-state index in [0.717, 1.165) is 22.5 Å². The van der Waals surface area contributed by atoms with Gasteiger partial charge in [-0.1, -0.05) is 18.2 Å². The summed E-state index contributed by atoms with van der Waals surface area (Å²) in [6, 6.07) is 10.7. The van der Waals surface area contributed by atoms with Crippen LogP contribution in [0.25, 0.3) is 0 Å². The lowest BCUT2D eigenvalue weighted by Crippen LogP contribution is -2.40. The highest BCUT2D eigenvalue weighted by atomic mass is 16.6. The van der Waals surface area contributed by atoms with Crippen LogP contribution in [0.5, 0.6) is 11.5 Å². The van der Waals surface area contributed by atoms with Crippen LogP contribution in [-0.4, -0.2) is 37.7 Å². The lowest BCUT2D eigenvalue weighted by atomic mass is 10.1. The monoisotopic (exact) mass is 381 g/mol. The first-order valence-corrected chi connectivity index (χ1v) is 9.35. The van der Waals surface area contributed by atoms with E-state index in [0.29, 0.717) is 31.3 Å². The van der Waals surface area contributed by atoms with Crippen molar-refractivity contribution in [2.45, 2.75) is 26.3 Å². The second kappa shape index (κ2) is 7.42. The van der Waals surface area contributed by atoms with Gasteiger partial charge in [-0.15, -0.1) is 0 Å². The Labute approximate surface area is 163 Å². The third-order valence-corrected chi connectivity index (χ3v) is 5.02. The van der Waals surface area contributed by atoms with E-state index in [1.54, 1.807) is 4.90 Å². The Morgan fingerprint density at radius 2 is 1.79 bits per heavy atom. The van der Waals surface area contributed by atoms with E-state index < -0.39 is 0 Å². The van der Waals surface area contributed by atoms with Gasteiger partial charge in [-0.2, -0.15) is 0 Å². The Hall–Kier alpha value is -3.22. The molecule has 2 aromatic carbocycles. The van der Waals surface area contributed by atoms with Gasteiger partial charge in [0.15, 0.2) is 11.5 Å². The van der Waals surface area contributed by atoms with E-state index in [1.165, 1.54) is 0 Å². The fraction of sp³-hybridized carbons (Fsp3) is 0.333. The summed E-state index contributed by atoms with van der Waals surface area (Å²) < 4.78 is 11.1. The van der Waals surface area contributed by atoms with Crippen molar-refractivity contribution in [2.75, 3.05) is 30.0 Å². The van der Waals surface area contributed by atoms with Crippen molar-refractivity contribution in [3.05, 3.63) is 47.5 Å². The molecule has 0 bridgehead atoms. The molecule has 2 aliphatic heterocycles. The second-order valence-corrected chi connectivity index (χ2v) is 7.10. The van der Waals surface area contributed by atoms with Gasteiger partial charge in [0.25, 0.3) is 0 Å². The number of fused-ring (bicyclic) bond motifs is 1. The van der Waals surface area contributed by atoms with Crippen LogP contribution in [0.1, 0.15) is 17.5 Å². The van der Waals surface area contributed by atoms with Gasteiger partial charge in [-0.05, 0) is 37.1 Å². The van der Waals surface area contributed by atoms with E-state index in [1.807, 2.05) is 50.2 Å². The summed E-state index contributed by atoms with van der Waals surface area (Å²) in [6.07, 6.45) is 0.259. The molecule has 1 fully saturated rings. The molecule has 7 nitrogen and oxygen atoms in total. The minimum atomic E-state index is -0.306. The number of ether oxygens (including phenoxy) is 2. The van der Waals surface area contributed by atoms with Gasteiger partial charge in [-0.3, -0.25) is 4.79 Å². The molecule has 2 aromatic rings. The number of amides is 3. The largest absolute Gasteiger partial charge is 0.486 e. The van der Waals surface area contributed by atoms with Gasteiger partial charge in [0.1, 0.15) is 13.2 Å². The number of carbonyl (C=O) groups is 2. The molecule has 4 rings (SSSR count). The van der Waals surface area contributed by atoms with Gasteiger partial charge >= 0.3 is 6.03 Å². The van der Waals surface area contributed by atoms with Gasteiger partial charge in [0.2, 0.25) is 5.91 Å². The van der Waals surface area contributed by atoms with E-state index in [4.69, 9.17) is 9.47 Å². The minimum absolute atomic E-state index is 0.0333. The van der Waals surface area contributed by atoms with E-state index >= 15 is 0 Å². The average Bonchev–Trinajstić information content (AvgIpc) is 3.04. The Morgan fingerprint density at radius 3 is 2.54 bits per heavy atom. The normalized spacial score (nSPS) is 18.1. The molecule has 2 N–H and O–H groups in total. The molecule has 0 radical (unpaired) electrons. The van der Waals surface area contributed by atoms with E-state index in [-0.39, 0.29) is 24.4 Å². The zero-order chi connectivity index (χ0) is 19.7. The summed E-state index contributed by atoms with van der Waals surface area (Å²) in [5.41, 5.74) is 3.54. The predicted molar refractivity (Wildman–Crippen MR) is 106 cm³/mol. The number of nitrogens with zero attached hydrogens (tertiary/aromatic N) is 1. The van der Waals surface area contributed by atoms with Crippen LogP contribution in [-0.2, 0) is 4.79 Å². The lowest BCUT2D eigenvalue weighted by molar-refractivity contribution is -0.117. The number of aryl methyl sites for hydroxylation is 2. The smallest absolute Gasteiger partial charge is 0.319 e. The summed E-state index contributed by atoms with van der Waals surface area (Å²) in [6.45, 7) is 5.33. The fourth-order valence-electron chi connectivity index (χ4n) is 3.60. The van der Waals surface area contributed by atoms with Crippen LogP contribution < -0.4 is 25.0 Å². The molecule has 0 saturated carbocycles. The number of anilines is 2. The first-order chi connectivity index (χ1) is 13.5. The summed E-state index contributed by atoms with van der Waals surface area (Å²) in [7, 11) is 0. The number of para-hydroxylation sites is 1. The molecule has 0 spiro atoms. The minimum Gasteiger partial charge on any atom is -0.486 e. The lowest BCUT2D eigenvalue weighted by Gasteiger charge is -2.22. The fourth-order valence-corrected chi connectivity index (χ4v) is 3.60. The number of rotatable bonds is 3. The molecule has 0 aliphatic carbocycles. The van der Waals surface area contributed by atoms with E-state index in [2.05, 4.69) is 10.6 Å². The second-order valence-electron chi connectivity index (χ2n) is 7.10. The number of carbonyl (C=O) groups excluding carboxylic acids is 2. The van der Waals surface area contributed by atoms with Crippen LogP contribution in [0.15, 0.2) is 36.4 Å². The number of nitrogens with one attached hydrogen (secondary N) is 2. The maximum atomic E-state index is 12.5. The third kappa shape index (κ3) is 3.60. The first kappa shape index (κ1) is 18.2. The van der Waals surface area contributed by atoms with Crippen molar-refractivity contribution in [3.8, 4) is 11.5 Å². The highest BCUT2D eigenvalue weighted by molar-refractivity contribution is 5.98. The standard InChI is InChI=1S/C21H23N3O4/c1-13-4-3-5-14(2)20(13)23-21(26)22-15-10-19(25)24(12-15)16-6-7-17-18(11-16)28-9-8-27-17/h3-7,11,15H,8-10,12H2,1-2H3,(H2,22,23,26)/t15-/m1/s1. The molecule has 1 atom stereocenters. The summed E-state index contributed by atoms with van der Waals surface area (Å²) in [5.74, 6) is 1.29. The van der Waals surface area contributed by atoms with Gasteiger partial charge in [-0.25, -0.2) is 4.79 Å². The maximum absolute atomic E-state index is 12.5. The number of urea groups is 1. The van der Waals surface area contributed by atoms with Crippen molar-refractivity contribution in [2.24, 2.45) is 0 Å². The Balaban J connectivity index is 1.41. The first-order valence-electron chi connectivity index (χ1n) is 9.35. The molecule has 1 saturated heterocycles. The molecule has 28 heavy (non-hydrogen) atoms. The van der Waals surface area contributed by atoms with Crippen molar-refractivity contribution in [1.29, 1.82) is 0 Å². The highest BCUT2D eigenvalue weighted by Gasteiger charge is 2.32. The topological polar surface area (TPSA) is 79.9 Å². The van der Waals surface area contributed by atoms with Crippen LogP contribution in [0.3, 0.4) is 0 Å². The maximum Gasteiger partial charge on any atom is 0.319 e. The quantitative estimate of drug-likeness (QED) is 0.857. The summed E-state index contributed by atoms with van der Waals surface area (Å²) in [5, 5.41) is 5.81. The average molecular weight is 381 g/mol. The molecular weight excluding hydrogens is 358 g/mol. The van der Waals surface area contributed by atoms with Crippen LogP contribution in [0, 0.1) is 13.8 Å². The van der Waals surface area contributed by atoms with Crippen molar-refractivity contribution in [3.63, 3.8) is 0 Å². The zero-order valence-corrected chi connectivity index (χ0v) is 16.0. The molecule has 3 amide bonds. The molecule has 2 aliphatic rings. The van der Waals surface area contributed by atoms with Crippen LogP contribution in [0.2, 0.25) is 0 Å². The molecular formula is C21H23N3O4. The number of benzene rings is 2. The van der Waals surface area contributed by atoms with Crippen molar-refractivity contribution < 1.29 is 19.1 Å². The Bertz CT molecular complexity index is 908. The molecule has 146 valence electrons. The van der Waals surface area contributed by atoms with Gasteiger partial charge in [0, 0.05) is 30.4 Å². The number of hydrogen-bond donors (Lipinski definition) is 2. The summed E-state index contributed by atoms with van der Waals surface area (Å²) >= 11 is 0. The van der Waals surface area contributed by atoms with Crippen molar-refractivity contribution >= 4 is 23.3 Å². The molecule has 2 heterocycles. The third-order valence-electron chi connectivity index (χ3n) is 5.02. The molecule has 0 unspecified atom stereocenters. The Morgan fingerprint density at radius 1 is 1.07 bits per heavy atom. The van der Waals surface area contributed by atoms with Crippen molar-refractivity contribution in [1.82, 2.24) is 5.32 Å². The molecule has 7 heteroatoms. The van der Waals surface area contributed by atoms with Crippen LogP contribution in [0.4, 0.5) is 16.2 Å².